The summed E-state index contributed by atoms with van der Waals surface area (Å²) >= 11 is 11.3. The molecule has 29 heteroatoms. The summed E-state index contributed by atoms with van der Waals surface area (Å²) in [6.45, 7) is 34.6. The quantitative estimate of drug-likeness (QED) is 0.0585. The lowest BCUT2D eigenvalue weighted by Crippen LogP contribution is -2.36. The Morgan fingerprint density at radius 3 is 1.18 bits per heavy atom. The highest BCUT2D eigenvalue weighted by Crippen LogP contribution is 2.40. The van der Waals surface area contributed by atoms with Crippen LogP contribution in [0.25, 0.3) is 63.6 Å². The highest BCUT2D eigenvalue weighted by Gasteiger charge is 2.26. The Labute approximate surface area is 702 Å². The minimum absolute atomic E-state index is 0.00515. The summed E-state index contributed by atoms with van der Waals surface area (Å²) in [4.78, 5) is 55.7. The molecule has 3 aliphatic heterocycles. The number of fused-ring (bicyclic) bond motifs is 3. The molecule has 0 aliphatic carbocycles. The van der Waals surface area contributed by atoms with E-state index in [9.17, 15) is 9.59 Å². The van der Waals surface area contributed by atoms with Crippen molar-refractivity contribution in [1.29, 1.82) is 0 Å². The number of carbonyl (C=O) groups excluding carboxylic acids is 2. The van der Waals surface area contributed by atoms with Gasteiger partial charge in [0.15, 0.2) is 16.8 Å². The maximum absolute atomic E-state index is 12.6. The number of nitrogens with two attached hydrogens (primary N) is 1. The molecule has 25 nitrogen and oxygen atoms in total. The first-order chi connectivity index (χ1) is 56.1. The summed E-state index contributed by atoms with van der Waals surface area (Å²) in [5.74, 6) is 4.33. The first-order valence-corrected chi connectivity index (χ1v) is 42.4. The van der Waals surface area contributed by atoms with E-state index in [1.54, 1.807) is 46.6 Å². The smallest absolute Gasteiger partial charge is 0.410 e. The number of nitrogens with zero attached hydrogens (tertiary/aromatic N) is 14. The van der Waals surface area contributed by atoms with Crippen molar-refractivity contribution in [3.8, 4) is 31.3 Å². The van der Waals surface area contributed by atoms with Gasteiger partial charge in [-0.2, -0.15) is 15.3 Å². The Kier molecular flexibility index (Phi) is 29.0. The van der Waals surface area contributed by atoms with E-state index in [2.05, 4.69) is 171 Å². The third-order valence-electron chi connectivity index (χ3n) is 19.8. The molecule has 12 aromatic rings. The van der Waals surface area contributed by atoms with Gasteiger partial charge in [0.2, 0.25) is 0 Å². The molecule has 12 heterocycles. The summed E-state index contributed by atoms with van der Waals surface area (Å²) in [5, 5.41) is 42.6. The average molecular weight is 1660 g/mol. The number of carbonyl (C=O) groups is 2. The molecule has 616 valence electrons. The minimum Gasteiger partial charge on any atom is -0.444 e. The van der Waals surface area contributed by atoms with Gasteiger partial charge in [0.1, 0.15) is 28.7 Å². The molecule has 2 amide bonds. The van der Waals surface area contributed by atoms with E-state index < -0.39 is 11.2 Å². The topological polar surface area (TPSA) is 275 Å². The number of aryl methyl sites for hydroxylation is 3. The van der Waals surface area contributed by atoms with E-state index in [-0.39, 0.29) is 30.3 Å². The molecule has 3 atom stereocenters. The van der Waals surface area contributed by atoms with E-state index in [4.69, 9.17) is 51.0 Å². The van der Waals surface area contributed by atoms with Crippen molar-refractivity contribution < 1.29 is 33.3 Å². The van der Waals surface area contributed by atoms with Crippen molar-refractivity contribution in [2.45, 2.75) is 132 Å². The van der Waals surface area contributed by atoms with E-state index in [0.717, 1.165) is 188 Å². The molecule has 3 aromatic carbocycles. The lowest BCUT2D eigenvalue weighted by molar-refractivity contribution is 0.0275. The van der Waals surface area contributed by atoms with Crippen LogP contribution >= 0.6 is 45.6 Å². The van der Waals surface area contributed by atoms with Crippen molar-refractivity contribution in [1.82, 2.24) is 60.7 Å². The molecular formula is C88H107ClN18O7S3. The third kappa shape index (κ3) is 22.6. The fraction of sp³-hybridized carbons (Fsp3) is 0.398. The lowest BCUT2D eigenvalue weighted by Gasteiger charge is -2.28. The molecule has 5 N–H and O–H groups in total. The van der Waals surface area contributed by atoms with Crippen LogP contribution < -0.4 is 36.4 Å². The highest BCUT2D eigenvalue weighted by atomic mass is 35.5. The average Bonchev–Trinajstić information content (AvgIpc) is 1.59. The molecule has 117 heavy (non-hydrogen) atoms. The molecular weight excluding hydrogens is 1550 g/mol. The second-order valence-corrected chi connectivity index (χ2v) is 34.9. The van der Waals surface area contributed by atoms with Crippen LogP contribution in [0, 0.1) is 20.8 Å². The first-order valence-electron chi connectivity index (χ1n) is 39.5. The van der Waals surface area contributed by atoms with Gasteiger partial charge in [-0.25, -0.2) is 24.5 Å². The molecule has 15 rings (SSSR count). The van der Waals surface area contributed by atoms with Gasteiger partial charge in [0.25, 0.3) is 0 Å². The number of amides is 2. The van der Waals surface area contributed by atoms with E-state index >= 15 is 0 Å². The Balaban J connectivity index is 0.000000150. The summed E-state index contributed by atoms with van der Waals surface area (Å²) in [5.41, 5.74) is 14.5. The maximum Gasteiger partial charge on any atom is 0.410 e. The summed E-state index contributed by atoms with van der Waals surface area (Å²) in [6.07, 6.45) is 4.97. The summed E-state index contributed by atoms with van der Waals surface area (Å²) < 4.78 is 27.3. The van der Waals surface area contributed by atoms with Gasteiger partial charge in [-0.1, -0.05) is 84.4 Å². The van der Waals surface area contributed by atoms with Gasteiger partial charge in [-0.15, -0.1) is 49.3 Å². The second-order valence-electron chi connectivity index (χ2n) is 31.2. The number of benzene rings is 3. The number of thiophene rings is 3. The van der Waals surface area contributed by atoms with E-state index in [1.165, 1.54) is 25.8 Å². The second kappa shape index (κ2) is 39.4. The molecule has 0 saturated carbocycles. The normalized spacial score (nSPS) is 14.6. The van der Waals surface area contributed by atoms with Crippen LogP contribution in [0.5, 0.6) is 0 Å². The number of morpholine rings is 3. The zero-order chi connectivity index (χ0) is 83.1. The highest BCUT2D eigenvalue weighted by molar-refractivity contribution is 7.16. The van der Waals surface area contributed by atoms with Crippen molar-refractivity contribution in [2.24, 2.45) is 5.73 Å². The van der Waals surface area contributed by atoms with Crippen molar-refractivity contribution in [3.63, 3.8) is 0 Å². The third-order valence-corrected chi connectivity index (χ3v) is 24.0. The van der Waals surface area contributed by atoms with Gasteiger partial charge in [-0.3, -0.25) is 0 Å². The SMILES string of the molecule is CNCc1ccccc1-c1ccc([C@@H](C)Nc2nnc(C)c3cnc(N4CCOCC4)cc23)s1.C[C@@H](N)c1ccc(-c2ccccc2CN(C)C(=O)OC(C)(C)C)s1.Cc1nnc(Cl)c2cc(N3CCOCC3)ncc12.Cc1nnc(N[C@H](C)c2ccc(-c3ccccc3CN(C)C(=O)OC(C)(C)C)s2)c2cc(N3CCOCC3)ncc12. The summed E-state index contributed by atoms with van der Waals surface area (Å²) in [6, 6.07) is 44.1. The van der Waals surface area contributed by atoms with E-state index in [0.29, 0.717) is 31.5 Å². The zero-order valence-corrected chi connectivity index (χ0v) is 72.7. The monoisotopic (exact) mass is 1660 g/mol. The number of halogens is 1. The Morgan fingerprint density at radius 1 is 0.479 bits per heavy atom. The molecule has 3 aliphatic rings. The molecule has 3 fully saturated rings. The standard InChI is InChI=1S/C31H38N6O3S.C26H30N6OS.C19H26N2O2S.C12H13ClN4O/c1-20-25-18-32-28(37-13-15-39-16-14-37)17-24(25)29(35-34-20)33-21(2)26-11-12-27(41-26)23-10-8-7-9-22(23)19-36(6)30(38)40-31(3,4)5;1-17-22-16-28-25(32-10-12-33-13-11-32)14-21(22)26(31-30-17)29-18(2)23-8-9-24(34-23)20-7-5-4-6-19(20)15-27-3;1-13(20)16-10-11-17(24-16)15-9-7-6-8-14(15)12-21(5)18(22)23-19(2,3)4;1-8-10-7-14-11(17-2-4-18-5-3-17)6-9(10)12(13)16-15-8/h7-12,17-18,21H,13-16,19H2,1-6H3,(H,33,35);4-9,14,16,18,27H,10-13,15H2,1-3H3,(H,29,31);6-11,13H,12,20H2,1-5H3;6-7H,2-5H2,1H3/t21-;18-;13-;/m111./s1. The number of aromatic nitrogens is 9. The summed E-state index contributed by atoms with van der Waals surface area (Å²) in [7, 11) is 5.51. The molecule has 0 radical (unpaired) electrons. The number of hydrogen-bond acceptors (Lipinski definition) is 26. The van der Waals surface area contributed by atoms with Crippen LogP contribution in [0.4, 0.5) is 38.7 Å². The maximum atomic E-state index is 12.6. The number of ether oxygens (including phenoxy) is 5. The lowest BCUT2D eigenvalue weighted by atomic mass is 10.1. The van der Waals surface area contributed by atoms with Gasteiger partial charge < -0.3 is 69.9 Å². The van der Waals surface area contributed by atoms with Gasteiger partial charge >= 0.3 is 12.2 Å². The molecule has 0 spiro atoms. The number of anilines is 5. The molecule has 0 unspecified atom stereocenters. The van der Waals surface area contributed by atoms with E-state index in [1.807, 2.05) is 143 Å². The van der Waals surface area contributed by atoms with Gasteiger partial charge in [0, 0.05) is 159 Å². The number of rotatable bonds is 19. The van der Waals surface area contributed by atoms with Crippen molar-refractivity contribution in [2.75, 3.05) is 125 Å². The fourth-order valence-electron chi connectivity index (χ4n) is 13.5. The largest absolute Gasteiger partial charge is 0.444 e. The predicted octanol–water partition coefficient (Wildman–Crippen LogP) is 17.9. The van der Waals surface area contributed by atoms with Crippen LogP contribution in [0.15, 0.2) is 146 Å². The Morgan fingerprint density at radius 2 is 0.812 bits per heavy atom. The first kappa shape index (κ1) is 86.2. The van der Waals surface area contributed by atoms with Crippen molar-refractivity contribution >= 4 is 119 Å². The van der Waals surface area contributed by atoms with Crippen LogP contribution in [0.3, 0.4) is 0 Å². The minimum atomic E-state index is -0.537. The Bertz CT molecular complexity index is 5360. The zero-order valence-electron chi connectivity index (χ0n) is 69.5. The fourth-order valence-corrected chi connectivity index (χ4v) is 16.9. The van der Waals surface area contributed by atoms with Crippen LogP contribution in [-0.4, -0.2) is 179 Å². The van der Waals surface area contributed by atoms with Crippen LogP contribution in [0.2, 0.25) is 5.15 Å². The van der Waals surface area contributed by atoms with Gasteiger partial charge in [0.05, 0.1) is 68.8 Å². The van der Waals surface area contributed by atoms with Crippen molar-refractivity contribution in [3.05, 3.63) is 200 Å². The molecule has 9 aromatic heterocycles. The number of pyridine rings is 3. The molecule has 0 bridgehead atoms. The Hall–Kier alpha value is -10.1. The predicted molar refractivity (Wildman–Crippen MR) is 474 cm³/mol. The van der Waals surface area contributed by atoms with Crippen LogP contribution in [0.1, 0.15) is 129 Å². The van der Waals surface area contributed by atoms with Gasteiger partial charge in [-0.05, 0) is 178 Å². The number of hydrogen-bond donors (Lipinski definition) is 4. The number of nitrogens with one attached hydrogen (secondary N) is 3. The van der Waals surface area contributed by atoms with Crippen LogP contribution in [-0.2, 0) is 43.3 Å². The molecule has 3 saturated heterocycles.